The number of hydrogen-bond acceptors (Lipinski definition) is 3. The van der Waals surface area contributed by atoms with E-state index < -0.39 is 5.41 Å². The maximum Gasteiger partial charge on any atom is 0.244 e. The Bertz CT molecular complexity index is 427. The molecule has 1 aromatic rings. The molecule has 0 unspecified atom stereocenters. The van der Waals surface area contributed by atoms with Gasteiger partial charge in [-0.2, -0.15) is 5.26 Å². The number of nitrogens with one attached hydrogen (secondary N) is 1. The van der Waals surface area contributed by atoms with Crippen molar-refractivity contribution in [1.82, 2.24) is 0 Å². The first-order valence-electron chi connectivity index (χ1n) is 4.68. The quantitative estimate of drug-likeness (QED) is 0.716. The number of phenolic OH excluding ortho intramolecular Hbond substituents is 1. The van der Waals surface area contributed by atoms with Crippen molar-refractivity contribution in [2.75, 3.05) is 5.32 Å². The molecule has 0 bridgehead atoms. The summed E-state index contributed by atoms with van der Waals surface area (Å²) in [5, 5.41) is 20.5. The minimum Gasteiger partial charge on any atom is -0.508 e. The van der Waals surface area contributed by atoms with Crippen molar-refractivity contribution in [3.8, 4) is 11.8 Å². The molecule has 0 radical (unpaired) electrons. The van der Waals surface area contributed by atoms with Crippen molar-refractivity contribution in [2.24, 2.45) is 5.41 Å². The van der Waals surface area contributed by atoms with E-state index in [1.165, 1.54) is 12.1 Å². The van der Waals surface area contributed by atoms with Crippen molar-refractivity contribution >= 4 is 11.6 Å². The summed E-state index contributed by atoms with van der Waals surface area (Å²) in [5.74, 6) is -0.106. The van der Waals surface area contributed by atoms with Gasteiger partial charge in [0.1, 0.15) is 11.2 Å². The lowest BCUT2D eigenvalue weighted by Gasteiger charge is -2.07. The Morgan fingerprint density at radius 2 is 2.00 bits per heavy atom. The van der Waals surface area contributed by atoms with Crippen LogP contribution in [-0.2, 0) is 4.79 Å². The molecule has 0 atom stereocenters. The molecule has 4 heteroatoms. The lowest BCUT2D eigenvalue weighted by atomic mass is 10.1. The van der Waals surface area contributed by atoms with Gasteiger partial charge in [-0.15, -0.1) is 0 Å². The van der Waals surface area contributed by atoms with E-state index in [-0.39, 0.29) is 11.7 Å². The number of nitrogens with zero attached hydrogens (tertiary/aromatic N) is 1. The van der Waals surface area contributed by atoms with E-state index >= 15 is 0 Å². The molecule has 1 saturated carbocycles. The molecule has 0 aliphatic heterocycles. The summed E-state index contributed by atoms with van der Waals surface area (Å²) in [7, 11) is 0. The molecule has 1 fully saturated rings. The minimum absolute atomic E-state index is 0.148. The number of nitriles is 1. The normalized spacial score (nSPS) is 16.5. The second kappa shape index (κ2) is 3.28. The van der Waals surface area contributed by atoms with Crippen LogP contribution in [0.1, 0.15) is 12.8 Å². The molecule has 0 heterocycles. The first kappa shape index (κ1) is 9.53. The number of phenols is 1. The third-order valence-corrected chi connectivity index (χ3v) is 2.52. The smallest absolute Gasteiger partial charge is 0.244 e. The zero-order valence-electron chi connectivity index (χ0n) is 8.03. The van der Waals surface area contributed by atoms with Gasteiger partial charge in [-0.25, -0.2) is 0 Å². The largest absolute Gasteiger partial charge is 0.508 e. The number of amides is 1. The molecule has 0 aromatic heterocycles. The molecule has 1 aliphatic carbocycles. The summed E-state index contributed by atoms with van der Waals surface area (Å²) in [4.78, 5) is 11.6. The van der Waals surface area contributed by atoms with Crippen LogP contribution in [0, 0.1) is 16.7 Å². The number of carbonyl (C=O) groups is 1. The van der Waals surface area contributed by atoms with Crippen molar-refractivity contribution in [3.05, 3.63) is 24.3 Å². The molecule has 2 rings (SSSR count). The highest BCUT2D eigenvalue weighted by Gasteiger charge is 2.50. The Morgan fingerprint density at radius 1 is 1.40 bits per heavy atom. The van der Waals surface area contributed by atoms with Gasteiger partial charge in [-0.1, -0.05) is 0 Å². The Hall–Kier alpha value is -2.02. The van der Waals surface area contributed by atoms with Gasteiger partial charge in [0.25, 0.3) is 0 Å². The Balaban J connectivity index is 2.07. The van der Waals surface area contributed by atoms with Gasteiger partial charge >= 0.3 is 0 Å². The zero-order chi connectivity index (χ0) is 10.9. The first-order chi connectivity index (χ1) is 7.16. The molecule has 1 aliphatic rings. The first-order valence-corrected chi connectivity index (χ1v) is 4.68. The number of aromatic hydroxyl groups is 1. The fraction of sp³-hybridized carbons (Fsp3) is 0.273. The van der Waals surface area contributed by atoms with E-state index in [9.17, 15) is 4.79 Å². The fourth-order valence-electron chi connectivity index (χ4n) is 1.31. The fourth-order valence-corrected chi connectivity index (χ4v) is 1.31. The van der Waals surface area contributed by atoms with Crippen LogP contribution in [0.25, 0.3) is 0 Å². The Labute approximate surface area is 87.1 Å². The Kier molecular flexibility index (Phi) is 2.09. The minimum atomic E-state index is -0.808. The van der Waals surface area contributed by atoms with Crippen LogP contribution in [0.5, 0.6) is 5.75 Å². The number of anilines is 1. The highest BCUT2D eigenvalue weighted by atomic mass is 16.3. The summed E-state index contributed by atoms with van der Waals surface area (Å²) in [5.41, 5.74) is -0.211. The van der Waals surface area contributed by atoms with Gasteiger partial charge in [0.2, 0.25) is 5.91 Å². The predicted molar refractivity (Wildman–Crippen MR) is 54.0 cm³/mol. The second-order valence-corrected chi connectivity index (χ2v) is 3.69. The lowest BCUT2D eigenvalue weighted by molar-refractivity contribution is -0.119. The molecule has 0 saturated heterocycles. The lowest BCUT2D eigenvalue weighted by Crippen LogP contribution is -2.22. The standard InChI is InChI=1S/C11H10N2O2/c12-7-11(5-6-11)10(15)13-8-1-3-9(14)4-2-8/h1-4,14H,5-6H2,(H,13,15). The molecular formula is C11H10N2O2. The van der Waals surface area contributed by atoms with Crippen molar-refractivity contribution in [1.29, 1.82) is 5.26 Å². The van der Waals surface area contributed by atoms with E-state index in [4.69, 9.17) is 10.4 Å². The zero-order valence-corrected chi connectivity index (χ0v) is 8.03. The van der Waals surface area contributed by atoms with Crippen LogP contribution in [0.3, 0.4) is 0 Å². The van der Waals surface area contributed by atoms with E-state index in [1.807, 2.05) is 6.07 Å². The average molecular weight is 202 g/mol. The third kappa shape index (κ3) is 1.77. The topological polar surface area (TPSA) is 73.1 Å². The van der Waals surface area contributed by atoms with Gasteiger partial charge in [0, 0.05) is 5.69 Å². The molecule has 1 aromatic carbocycles. The van der Waals surface area contributed by atoms with Gasteiger partial charge in [-0.3, -0.25) is 4.79 Å². The van der Waals surface area contributed by atoms with Gasteiger partial charge in [0.15, 0.2) is 0 Å². The molecule has 76 valence electrons. The monoisotopic (exact) mass is 202 g/mol. The summed E-state index contributed by atoms with van der Waals surface area (Å²) in [6, 6.07) is 8.19. The maximum atomic E-state index is 11.6. The second-order valence-electron chi connectivity index (χ2n) is 3.69. The van der Waals surface area contributed by atoms with Crippen molar-refractivity contribution in [3.63, 3.8) is 0 Å². The maximum absolute atomic E-state index is 11.6. The van der Waals surface area contributed by atoms with Crippen LogP contribution < -0.4 is 5.32 Å². The van der Waals surface area contributed by atoms with Crippen molar-refractivity contribution in [2.45, 2.75) is 12.8 Å². The van der Waals surface area contributed by atoms with Crippen LogP contribution in [0.4, 0.5) is 5.69 Å². The number of rotatable bonds is 2. The summed E-state index contributed by atoms with van der Waals surface area (Å²) < 4.78 is 0. The van der Waals surface area contributed by atoms with Crippen LogP contribution in [0.15, 0.2) is 24.3 Å². The molecule has 4 nitrogen and oxygen atoms in total. The van der Waals surface area contributed by atoms with Gasteiger partial charge < -0.3 is 10.4 Å². The predicted octanol–water partition coefficient (Wildman–Crippen LogP) is 1.63. The van der Waals surface area contributed by atoms with E-state index in [0.717, 1.165) is 0 Å². The van der Waals surface area contributed by atoms with E-state index in [0.29, 0.717) is 18.5 Å². The van der Waals surface area contributed by atoms with E-state index in [1.54, 1.807) is 12.1 Å². The van der Waals surface area contributed by atoms with E-state index in [2.05, 4.69) is 5.32 Å². The molecule has 0 spiro atoms. The molecule has 15 heavy (non-hydrogen) atoms. The molecule has 1 amide bonds. The molecular weight excluding hydrogens is 192 g/mol. The summed E-state index contributed by atoms with van der Waals surface area (Å²) in [6.45, 7) is 0. The highest BCUT2D eigenvalue weighted by molar-refractivity contribution is 5.99. The number of benzene rings is 1. The molecule has 2 N–H and O–H groups in total. The van der Waals surface area contributed by atoms with Gasteiger partial charge in [0.05, 0.1) is 6.07 Å². The SMILES string of the molecule is N#CC1(C(=O)Nc2ccc(O)cc2)CC1. The summed E-state index contributed by atoms with van der Waals surface area (Å²) >= 11 is 0. The third-order valence-electron chi connectivity index (χ3n) is 2.52. The summed E-state index contributed by atoms with van der Waals surface area (Å²) in [6.07, 6.45) is 1.26. The number of hydrogen-bond donors (Lipinski definition) is 2. The van der Waals surface area contributed by atoms with Crippen LogP contribution >= 0.6 is 0 Å². The van der Waals surface area contributed by atoms with Crippen molar-refractivity contribution < 1.29 is 9.90 Å². The Morgan fingerprint density at radius 3 is 2.47 bits per heavy atom. The average Bonchev–Trinajstić information content (AvgIpc) is 3.02. The highest BCUT2D eigenvalue weighted by Crippen LogP contribution is 2.45. The van der Waals surface area contributed by atoms with Gasteiger partial charge in [-0.05, 0) is 37.1 Å². The van der Waals surface area contributed by atoms with Crippen LogP contribution in [-0.4, -0.2) is 11.0 Å². The number of carbonyl (C=O) groups excluding carboxylic acids is 1. The van der Waals surface area contributed by atoms with Crippen LogP contribution in [0.2, 0.25) is 0 Å².